The Morgan fingerprint density at radius 2 is 2.05 bits per heavy atom. The SMILES string of the molecule is CC1CN(S(=O)(=O)c2cc(N)c(F)cc2Cl)CCN1C. The summed E-state index contributed by atoms with van der Waals surface area (Å²) in [6.45, 7) is 3.32. The Morgan fingerprint density at radius 3 is 2.65 bits per heavy atom. The quantitative estimate of drug-likeness (QED) is 0.836. The molecule has 2 rings (SSSR count). The smallest absolute Gasteiger partial charge is 0.244 e. The van der Waals surface area contributed by atoms with Crippen LogP contribution in [-0.2, 0) is 10.0 Å². The second-order valence-corrected chi connectivity index (χ2v) is 7.31. The standard InChI is InChI=1S/C12H17ClFN3O2S/c1-8-7-17(4-3-16(8)2)20(18,19)12-6-11(15)10(14)5-9(12)13/h5-6,8H,3-4,7,15H2,1-2H3. The first-order valence-electron chi connectivity index (χ1n) is 6.18. The molecule has 8 heteroatoms. The van der Waals surface area contributed by atoms with Gasteiger partial charge < -0.3 is 10.6 Å². The minimum Gasteiger partial charge on any atom is -0.396 e. The Bertz CT molecular complexity index is 623. The Kier molecular flexibility index (Phi) is 4.24. The molecule has 1 fully saturated rings. The summed E-state index contributed by atoms with van der Waals surface area (Å²) in [5, 5.41) is -0.150. The number of halogens is 2. The molecule has 1 aliphatic rings. The molecule has 0 radical (unpaired) electrons. The number of anilines is 1. The molecule has 0 spiro atoms. The molecule has 0 aliphatic carbocycles. The highest BCUT2D eigenvalue weighted by Crippen LogP contribution is 2.29. The first-order chi connectivity index (χ1) is 9.23. The van der Waals surface area contributed by atoms with Crippen LogP contribution in [0.15, 0.2) is 17.0 Å². The third kappa shape index (κ3) is 2.76. The summed E-state index contributed by atoms with van der Waals surface area (Å²) in [6.07, 6.45) is 0. The average Bonchev–Trinajstić information content (AvgIpc) is 2.36. The van der Waals surface area contributed by atoms with Crippen molar-refractivity contribution in [2.24, 2.45) is 0 Å². The van der Waals surface area contributed by atoms with Crippen molar-refractivity contribution in [3.05, 3.63) is 23.0 Å². The highest BCUT2D eigenvalue weighted by molar-refractivity contribution is 7.89. The summed E-state index contributed by atoms with van der Waals surface area (Å²) in [4.78, 5) is 1.93. The van der Waals surface area contributed by atoms with E-state index in [1.54, 1.807) is 0 Å². The summed E-state index contributed by atoms with van der Waals surface area (Å²) >= 11 is 5.86. The van der Waals surface area contributed by atoms with E-state index in [4.69, 9.17) is 17.3 Å². The van der Waals surface area contributed by atoms with Gasteiger partial charge >= 0.3 is 0 Å². The molecule has 20 heavy (non-hydrogen) atoms. The van der Waals surface area contributed by atoms with Crippen LogP contribution in [-0.4, -0.2) is 50.3 Å². The van der Waals surface area contributed by atoms with Gasteiger partial charge in [0.2, 0.25) is 10.0 Å². The van der Waals surface area contributed by atoms with Gasteiger partial charge in [0.15, 0.2) is 0 Å². The summed E-state index contributed by atoms with van der Waals surface area (Å²) < 4.78 is 39.8. The van der Waals surface area contributed by atoms with Gasteiger partial charge in [0.25, 0.3) is 0 Å². The molecule has 1 saturated heterocycles. The molecule has 1 unspecified atom stereocenters. The van der Waals surface area contributed by atoms with Crippen LogP contribution in [0.2, 0.25) is 5.02 Å². The second-order valence-electron chi connectivity index (χ2n) is 5.00. The topological polar surface area (TPSA) is 66.6 Å². The summed E-state index contributed by atoms with van der Waals surface area (Å²) in [6, 6.07) is 2.12. The Balaban J connectivity index is 2.38. The highest BCUT2D eigenvalue weighted by atomic mass is 35.5. The molecule has 0 amide bonds. The van der Waals surface area contributed by atoms with Crippen LogP contribution in [0.25, 0.3) is 0 Å². The monoisotopic (exact) mass is 321 g/mol. The van der Waals surface area contributed by atoms with Crippen LogP contribution >= 0.6 is 11.6 Å². The van der Waals surface area contributed by atoms with E-state index < -0.39 is 15.8 Å². The first-order valence-corrected chi connectivity index (χ1v) is 8.00. The van der Waals surface area contributed by atoms with E-state index in [2.05, 4.69) is 4.90 Å². The average molecular weight is 322 g/mol. The molecule has 1 aromatic rings. The number of hydrogen-bond donors (Lipinski definition) is 1. The van der Waals surface area contributed by atoms with Crippen molar-refractivity contribution < 1.29 is 12.8 Å². The second kappa shape index (κ2) is 5.48. The Hall–Kier alpha value is -0.890. The maximum absolute atomic E-state index is 13.3. The lowest BCUT2D eigenvalue weighted by atomic mass is 10.2. The van der Waals surface area contributed by atoms with E-state index in [1.165, 1.54) is 4.31 Å². The van der Waals surface area contributed by atoms with Crippen molar-refractivity contribution in [3.63, 3.8) is 0 Å². The van der Waals surface area contributed by atoms with Crippen LogP contribution in [0, 0.1) is 5.82 Å². The molecular weight excluding hydrogens is 305 g/mol. The number of nitrogens with zero attached hydrogens (tertiary/aromatic N) is 2. The molecule has 0 saturated carbocycles. The zero-order chi connectivity index (χ0) is 15.1. The summed E-state index contributed by atoms with van der Waals surface area (Å²) in [5.41, 5.74) is 5.21. The fraction of sp³-hybridized carbons (Fsp3) is 0.500. The highest BCUT2D eigenvalue weighted by Gasteiger charge is 2.32. The number of benzene rings is 1. The van der Waals surface area contributed by atoms with Gasteiger partial charge in [-0.1, -0.05) is 11.6 Å². The number of piperazine rings is 1. The largest absolute Gasteiger partial charge is 0.396 e. The Labute approximate surface area is 123 Å². The fourth-order valence-corrected chi connectivity index (χ4v) is 4.15. The van der Waals surface area contributed by atoms with Crippen LogP contribution in [0.4, 0.5) is 10.1 Å². The van der Waals surface area contributed by atoms with E-state index >= 15 is 0 Å². The summed E-state index contributed by atoms with van der Waals surface area (Å²) in [7, 11) is -1.82. The lowest BCUT2D eigenvalue weighted by Crippen LogP contribution is -2.51. The van der Waals surface area contributed by atoms with E-state index in [0.29, 0.717) is 19.6 Å². The predicted molar refractivity (Wildman–Crippen MR) is 76.7 cm³/mol. The number of hydrogen-bond acceptors (Lipinski definition) is 4. The van der Waals surface area contributed by atoms with Gasteiger partial charge in [-0.2, -0.15) is 4.31 Å². The molecule has 112 valence electrons. The zero-order valence-electron chi connectivity index (χ0n) is 11.3. The molecule has 1 atom stereocenters. The molecule has 0 aromatic heterocycles. The lowest BCUT2D eigenvalue weighted by Gasteiger charge is -2.36. The molecule has 1 aliphatic heterocycles. The fourth-order valence-electron chi connectivity index (χ4n) is 2.11. The van der Waals surface area contributed by atoms with E-state index in [9.17, 15) is 12.8 Å². The van der Waals surface area contributed by atoms with Crippen LogP contribution in [0.1, 0.15) is 6.92 Å². The number of nitrogens with two attached hydrogens (primary N) is 1. The number of nitrogen functional groups attached to an aromatic ring is 1. The van der Waals surface area contributed by atoms with Crippen LogP contribution < -0.4 is 5.73 Å². The minimum atomic E-state index is -3.76. The zero-order valence-corrected chi connectivity index (χ0v) is 12.9. The van der Waals surface area contributed by atoms with Gasteiger partial charge in [-0.25, -0.2) is 12.8 Å². The summed E-state index contributed by atoms with van der Waals surface area (Å²) in [5.74, 6) is -0.722. The van der Waals surface area contributed by atoms with Crippen molar-refractivity contribution in [1.29, 1.82) is 0 Å². The molecule has 1 heterocycles. The van der Waals surface area contributed by atoms with Gasteiger partial charge in [0.1, 0.15) is 10.7 Å². The van der Waals surface area contributed by atoms with Gasteiger partial charge in [-0.3, -0.25) is 0 Å². The molecule has 5 nitrogen and oxygen atoms in total. The van der Waals surface area contributed by atoms with Crippen molar-refractivity contribution in [1.82, 2.24) is 9.21 Å². The normalized spacial score (nSPS) is 22.1. The first kappa shape index (κ1) is 15.5. The van der Waals surface area contributed by atoms with Gasteiger partial charge in [0.05, 0.1) is 10.7 Å². The lowest BCUT2D eigenvalue weighted by molar-refractivity contribution is 0.159. The van der Waals surface area contributed by atoms with Crippen molar-refractivity contribution in [3.8, 4) is 0 Å². The molecule has 2 N–H and O–H groups in total. The molecular formula is C12H17ClFN3O2S. The van der Waals surface area contributed by atoms with E-state index in [1.807, 2.05) is 14.0 Å². The van der Waals surface area contributed by atoms with Crippen molar-refractivity contribution in [2.45, 2.75) is 17.9 Å². The van der Waals surface area contributed by atoms with Crippen LogP contribution in [0.3, 0.4) is 0 Å². The van der Waals surface area contributed by atoms with Crippen molar-refractivity contribution in [2.75, 3.05) is 32.4 Å². The third-order valence-corrected chi connectivity index (χ3v) is 5.92. The maximum Gasteiger partial charge on any atom is 0.244 e. The number of likely N-dealkylation sites (N-methyl/N-ethyl adjacent to an activating group) is 1. The van der Waals surface area contributed by atoms with E-state index in [0.717, 1.165) is 12.1 Å². The molecule has 0 bridgehead atoms. The third-order valence-electron chi connectivity index (χ3n) is 3.59. The molecule has 1 aromatic carbocycles. The van der Waals surface area contributed by atoms with E-state index in [-0.39, 0.29) is 21.6 Å². The number of sulfonamides is 1. The Morgan fingerprint density at radius 1 is 1.40 bits per heavy atom. The van der Waals surface area contributed by atoms with Crippen molar-refractivity contribution >= 4 is 27.3 Å². The minimum absolute atomic E-state index is 0.107. The van der Waals surface area contributed by atoms with Gasteiger partial charge in [0, 0.05) is 25.7 Å². The van der Waals surface area contributed by atoms with Gasteiger partial charge in [-0.05, 0) is 26.1 Å². The maximum atomic E-state index is 13.3. The van der Waals surface area contributed by atoms with Gasteiger partial charge in [-0.15, -0.1) is 0 Å². The predicted octanol–water partition coefficient (Wildman–Crippen LogP) is 1.39. The number of rotatable bonds is 2. The van der Waals surface area contributed by atoms with Crippen LogP contribution in [0.5, 0.6) is 0 Å².